The molecule has 19 heavy (non-hydrogen) atoms. The molecule has 0 aliphatic carbocycles. The van der Waals surface area contributed by atoms with E-state index in [1.807, 2.05) is 0 Å². The molecule has 1 atom stereocenters. The van der Waals surface area contributed by atoms with Crippen LogP contribution >= 0.6 is 11.8 Å². The smallest absolute Gasteiger partial charge is 0.323 e. The van der Waals surface area contributed by atoms with E-state index in [4.69, 9.17) is 5.73 Å². The molecule has 1 rings (SSSR count). The second kappa shape index (κ2) is 7.20. The maximum Gasteiger partial charge on any atom is 0.416 e. The standard InChI is InChI=1S/C14H20F3NS/c1-10(2)7-8-19-9-13(18)11-3-5-12(6-4-11)14(15,16)17/h3-6,10,13H,7-9,18H2,1-2H3. The van der Waals surface area contributed by atoms with Gasteiger partial charge < -0.3 is 5.73 Å². The number of hydrogen-bond acceptors (Lipinski definition) is 2. The molecule has 0 aromatic heterocycles. The summed E-state index contributed by atoms with van der Waals surface area (Å²) in [6.45, 7) is 4.33. The lowest BCUT2D eigenvalue weighted by atomic mass is 10.1. The highest BCUT2D eigenvalue weighted by atomic mass is 32.2. The summed E-state index contributed by atoms with van der Waals surface area (Å²) in [5.41, 5.74) is 6.09. The molecule has 0 radical (unpaired) electrons. The van der Waals surface area contributed by atoms with Gasteiger partial charge in [0.15, 0.2) is 0 Å². The molecule has 0 saturated heterocycles. The lowest BCUT2D eigenvalue weighted by molar-refractivity contribution is -0.137. The fourth-order valence-corrected chi connectivity index (χ4v) is 2.80. The number of hydrogen-bond donors (Lipinski definition) is 1. The molecular formula is C14H20F3NS. The van der Waals surface area contributed by atoms with Crippen LogP contribution in [0.2, 0.25) is 0 Å². The predicted octanol–water partition coefficient (Wildman–Crippen LogP) is 4.48. The molecule has 1 unspecified atom stereocenters. The number of thioether (sulfide) groups is 1. The highest BCUT2D eigenvalue weighted by Gasteiger charge is 2.30. The zero-order chi connectivity index (χ0) is 14.5. The second-order valence-electron chi connectivity index (χ2n) is 4.98. The van der Waals surface area contributed by atoms with Crippen LogP contribution in [-0.2, 0) is 6.18 Å². The van der Waals surface area contributed by atoms with Gasteiger partial charge in [0.05, 0.1) is 5.56 Å². The van der Waals surface area contributed by atoms with E-state index in [2.05, 4.69) is 13.8 Å². The van der Waals surface area contributed by atoms with Crippen molar-refractivity contribution in [2.24, 2.45) is 11.7 Å². The predicted molar refractivity (Wildman–Crippen MR) is 75.2 cm³/mol. The van der Waals surface area contributed by atoms with Crippen molar-refractivity contribution in [3.63, 3.8) is 0 Å². The van der Waals surface area contributed by atoms with Gasteiger partial charge in [-0.2, -0.15) is 24.9 Å². The third-order valence-corrected chi connectivity index (χ3v) is 3.92. The normalized spacial score (nSPS) is 13.8. The molecule has 0 bridgehead atoms. The minimum absolute atomic E-state index is 0.209. The second-order valence-corrected chi connectivity index (χ2v) is 6.13. The molecule has 0 aliphatic heterocycles. The van der Waals surface area contributed by atoms with Gasteiger partial charge in [-0.25, -0.2) is 0 Å². The van der Waals surface area contributed by atoms with Gasteiger partial charge in [0.25, 0.3) is 0 Å². The van der Waals surface area contributed by atoms with Crippen LogP contribution < -0.4 is 5.73 Å². The fraction of sp³-hybridized carbons (Fsp3) is 0.571. The Labute approximate surface area is 116 Å². The highest BCUT2D eigenvalue weighted by molar-refractivity contribution is 7.99. The van der Waals surface area contributed by atoms with E-state index < -0.39 is 11.7 Å². The summed E-state index contributed by atoms with van der Waals surface area (Å²) in [5, 5.41) is 0. The molecule has 5 heteroatoms. The fourth-order valence-electron chi connectivity index (χ4n) is 1.54. The Morgan fingerprint density at radius 2 is 1.74 bits per heavy atom. The summed E-state index contributed by atoms with van der Waals surface area (Å²) in [4.78, 5) is 0. The average Bonchev–Trinajstić information content (AvgIpc) is 2.33. The first-order chi connectivity index (χ1) is 8.80. The largest absolute Gasteiger partial charge is 0.416 e. The lowest BCUT2D eigenvalue weighted by Gasteiger charge is -2.13. The monoisotopic (exact) mass is 291 g/mol. The van der Waals surface area contributed by atoms with Crippen LogP contribution in [0.1, 0.15) is 37.4 Å². The Balaban J connectivity index is 2.47. The van der Waals surface area contributed by atoms with Crippen LogP contribution in [0.5, 0.6) is 0 Å². The molecular weight excluding hydrogens is 271 g/mol. The van der Waals surface area contributed by atoms with E-state index in [1.165, 1.54) is 12.1 Å². The maximum absolute atomic E-state index is 12.4. The van der Waals surface area contributed by atoms with Crippen molar-refractivity contribution in [2.75, 3.05) is 11.5 Å². The zero-order valence-electron chi connectivity index (χ0n) is 11.2. The van der Waals surface area contributed by atoms with Crippen molar-refractivity contribution >= 4 is 11.8 Å². The summed E-state index contributed by atoms with van der Waals surface area (Å²) in [7, 11) is 0. The third kappa shape index (κ3) is 5.87. The lowest BCUT2D eigenvalue weighted by Crippen LogP contribution is -2.14. The molecule has 2 N–H and O–H groups in total. The number of benzene rings is 1. The Morgan fingerprint density at radius 3 is 2.21 bits per heavy atom. The average molecular weight is 291 g/mol. The van der Waals surface area contributed by atoms with Gasteiger partial charge in [-0.3, -0.25) is 0 Å². The van der Waals surface area contributed by atoms with Crippen LogP contribution in [0, 0.1) is 5.92 Å². The molecule has 0 fully saturated rings. The van der Waals surface area contributed by atoms with Gasteiger partial charge in [0.2, 0.25) is 0 Å². The van der Waals surface area contributed by atoms with Crippen molar-refractivity contribution in [1.29, 1.82) is 0 Å². The van der Waals surface area contributed by atoms with E-state index in [9.17, 15) is 13.2 Å². The first-order valence-electron chi connectivity index (χ1n) is 6.31. The minimum atomic E-state index is -4.28. The summed E-state index contributed by atoms with van der Waals surface area (Å²) in [5.74, 6) is 2.43. The van der Waals surface area contributed by atoms with Crippen molar-refractivity contribution in [3.8, 4) is 0 Å². The van der Waals surface area contributed by atoms with E-state index in [0.29, 0.717) is 5.92 Å². The van der Waals surface area contributed by atoms with Crippen molar-refractivity contribution in [3.05, 3.63) is 35.4 Å². The molecule has 0 saturated carbocycles. The summed E-state index contributed by atoms with van der Waals surface area (Å²) in [6.07, 6.45) is -3.15. The van der Waals surface area contributed by atoms with Crippen LogP contribution in [-0.4, -0.2) is 11.5 Å². The van der Waals surface area contributed by atoms with E-state index in [1.54, 1.807) is 11.8 Å². The molecule has 1 aromatic carbocycles. The van der Waals surface area contributed by atoms with Gasteiger partial charge in [0, 0.05) is 11.8 Å². The van der Waals surface area contributed by atoms with Crippen LogP contribution in [0.3, 0.4) is 0 Å². The zero-order valence-corrected chi connectivity index (χ0v) is 12.0. The number of nitrogens with two attached hydrogens (primary N) is 1. The Kier molecular flexibility index (Phi) is 6.20. The van der Waals surface area contributed by atoms with E-state index >= 15 is 0 Å². The Morgan fingerprint density at radius 1 is 1.16 bits per heavy atom. The topological polar surface area (TPSA) is 26.0 Å². The first-order valence-corrected chi connectivity index (χ1v) is 7.46. The van der Waals surface area contributed by atoms with Crippen molar-refractivity contribution < 1.29 is 13.2 Å². The van der Waals surface area contributed by atoms with Gasteiger partial charge in [-0.15, -0.1) is 0 Å². The minimum Gasteiger partial charge on any atom is -0.323 e. The molecule has 0 amide bonds. The van der Waals surface area contributed by atoms with Crippen molar-refractivity contribution in [2.45, 2.75) is 32.5 Å². The molecule has 0 aliphatic rings. The SMILES string of the molecule is CC(C)CCSCC(N)c1ccc(C(F)(F)F)cc1. The number of rotatable bonds is 6. The highest BCUT2D eigenvalue weighted by Crippen LogP contribution is 2.30. The van der Waals surface area contributed by atoms with Gasteiger partial charge in [-0.05, 0) is 35.8 Å². The summed E-state index contributed by atoms with van der Waals surface area (Å²) >= 11 is 1.75. The van der Waals surface area contributed by atoms with Crippen LogP contribution in [0.4, 0.5) is 13.2 Å². The Bertz CT molecular complexity index is 373. The summed E-state index contributed by atoms with van der Waals surface area (Å²) in [6, 6.07) is 4.91. The molecule has 108 valence electrons. The molecule has 0 spiro atoms. The number of halogens is 3. The van der Waals surface area contributed by atoms with Crippen LogP contribution in [0.25, 0.3) is 0 Å². The van der Waals surface area contributed by atoms with E-state index in [0.717, 1.165) is 35.6 Å². The van der Waals surface area contributed by atoms with Crippen molar-refractivity contribution in [1.82, 2.24) is 0 Å². The van der Waals surface area contributed by atoms with Gasteiger partial charge >= 0.3 is 6.18 Å². The summed E-state index contributed by atoms with van der Waals surface area (Å²) < 4.78 is 37.2. The van der Waals surface area contributed by atoms with E-state index in [-0.39, 0.29) is 6.04 Å². The van der Waals surface area contributed by atoms with Gasteiger partial charge in [0.1, 0.15) is 0 Å². The molecule has 1 aromatic rings. The van der Waals surface area contributed by atoms with Gasteiger partial charge in [-0.1, -0.05) is 26.0 Å². The van der Waals surface area contributed by atoms with Crippen LogP contribution in [0.15, 0.2) is 24.3 Å². The molecule has 0 heterocycles. The molecule has 1 nitrogen and oxygen atoms in total. The quantitative estimate of drug-likeness (QED) is 0.782. The maximum atomic E-state index is 12.4. The third-order valence-electron chi connectivity index (χ3n) is 2.80. The Hall–Kier alpha value is -0.680. The first kappa shape index (κ1) is 16.4. The number of alkyl halides is 3.